The molecule has 4 rings (SSSR count). The van der Waals surface area contributed by atoms with Crippen LogP contribution < -0.4 is 4.90 Å². The normalized spacial score (nSPS) is 18.6. The highest BCUT2D eigenvalue weighted by Gasteiger charge is 2.24. The van der Waals surface area contributed by atoms with Crippen LogP contribution in [0.25, 0.3) is 6.08 Å². The Balaban J connectivity index is 1.16. The Kier molecular flexibility index (Phi) is 7.22. The summed E-state index contributed by atoms with van der Waals surface area (Å²) in [4.78, 5) is 21.8. The van der Waals surface area contributed by atoms with Crippen LogP contribution in [0, 0.1) is 0 Å². The van der Waals surface area contributed by atoms with Crippen LogP contribution in [-0.2, 0) is 4.79 Å². The van der Waals surface area contributed by atoms with Gasteiger partial charge in [-0.25, -0.2) is 0 Å². The first kappa shape index (κ1) is 21.4. The molecule has 0 aromatic heterocycles. The lowest BCUT2D eigenvalue weighted by molar-refractivity contribution is -0.133. The van der Waals surface area contributed by atoms with E-state index in [1.807, 2.05) is 23.1 Å². The standard InChI is InChI=1S/C25H32N4O2/c30-24-10-8-23(9-11-24)28-17-19-29(20-18-28)25(31)21-27-15-13-26(14-16-27)12-4-7-22-5-2-1-3-6-22/h1-11,30H,12-21H2/b7-4+. The zero-order valence-corrected chi connectivity index (χ0v) is 18.1. The summed E-state index contributed by atoms with van der Waals surface area (Å²) in [5, 5.41) is 9.45. The summed E-state index contributed by atoms with van der Waals surface area (Å²) in [6, 6.07) is 17.7. The maximum Gasteiger partial charge on any atom is 0.236 e. The third-order valence-corrected chi connectivity index (χ3v) is 6.14. The molecule has 0 bridgehead atoms. The van der Waals surface area contributed by atoms with Crippen molar-refractivity contribution in [2.75, 3.05) is 70.3 Å². The van der Waals surface area contributed by atoms with Crippen LogP contribution in [0.3, 0.4) is 0 Å². The molecule has 0 saturated carbocycles. The number of benzene rings is 2. The summed E-state index contributed by atoms with van der Waals surface area (Å²) in [5.74, 6) is 0.521. The quantitative estimate of drug-likeness (QED) is 0.778. The number of hydrogen-bond donors (Lipinski definition) is 1. The topological polar surface area (TPSA) is 50.3 Å². The maximum absolute atomic E-state index is 12.8. The predicted molar refractivity (Wildman–Crippen MR) is 125 cm³/mol. The zero-order valence-electron chi connectivity index (χ0n) is 18.1. The lowest BCUT2D eigenvalue weighted by Crippen LogP contribution is -2.53. The third-order valence-electron chi connectivity index (χ3n) is 6.14. The fourth-order valence-corrected chi connectivity index (χ4v) is 4.20. The van der Waals surface area contributed by atoms with Gasteiger partial charge >= 0.3 is 0 Å². The monoisotopic (exact) mass is 420 g/mol. The van der Waals surface area contributed by atoms with Crippen LogP contribution in [0.1, 0.15) is 5.56 Å². The Bertz CT molecular complexity index is 853. The van der Waals surface area contributed by atoms with E-state index in [0.29, 0.717) is 6.54 Å². The van der Waals surface area contributed by atoms with Crippen molar-refractivity contribution in [2.45, 2.75) is 0 Å². The first-order valence-electron chi connectivity index (χ1n) is 11.2. The number of phenolic OH excluding ortho intramolecular Hbond substituents is 1. The minimum Gasteiger partial charge on any atom is -0.508 e. The van der Waals surface area contributed by atoms with E-state index in [4.69, 9.17) is 0 Å². The van der Waals surface area contributed by atoms with E-state index in [2.05, 4.69) is 51.1 Å². The molecule has 0 radical (unpaired) electrons. The Morgan fingerprint density at radius 1 is 0.806 bits per heavy atom. The number of rotatable bonds is 6. The molecule has 2 aliphatic rings. The lowest BCUT2D eigenvalue weighted by Gasteiger charge is -2.38. The van der Waals surface area contributed by atoms with Gasteiger partial charge < -0.3 is 14.9 Å². The number of phenols is 1. The number of piperazine rings is 2. The molecular weight excluding hydrogens is 388 g/mol. The van der Waals surface area contributed by atoms with Crippen molar-refractivity contribution in [1.29, 1.82) is 0 Å². The first-order chi connectivity index (χ1) is 15.2. The van der Waals surface area contributed by atoms with Crippen LogP contribution >= 0.6 is 0 Å². The number of nitrogens with zero attached hydrogens (tertiary/aromatic N) is 4. The summed E-state index contributed by atoms with van der Waals surface area (Å²) in [5.41, 5.74) is 2.33. The van der Waals surface area contributed by atoms with Crippen molar-refractivity contribution in [3.05, 3.63) is 66.2 Å². The number of aromatic hydroxyl groups is 1. The number of anilines is 1. The molecular formula is C25H32N4O2. The smallest absolute Gasteiger partial charge is 0.236 e. The fourth-order valence-electron chi connectivity index (χ4n) is 4.20. The van der Waals surface area contributed by atoms with Crippen molar-refractivity contribution in [1.82, 2.24) is 14.7 Å². The van der Waals surface area contributed by atoms with Crippen LogP contribution in [-0.4, -0.2) is 91.2 Å². The number of carbonyl (C=O) groups excluding carboxylic acids is 1. The van der Waals surface area contributed by atoms with Crippen molar-refractivity contribution >= 4 is 17.7 Å². The van der Waals surface area contributed by atoms with E-state index < -0.39 is 0 Å². The van der Waals surface area contributed by atoms with Gasteiger partial charge in [-0.2, -0.15) is 0 Å². The van der Waals surface area contributed by atoms with Gasteiger partial charge in [0.1, 0.15) is 5.75 Å². The average molecular weight is 421 g/mol. The van der Waals surface area contributed by atoms with Gasteiger partial charge in [0, 0.05) is 64.6 Å². The van der Waals surface area contributed by atoms with E-state index in [1.165, 1.54) is 5.56 Å². The maximum atomic E-state index is 12.8. The van der Waals surface area contributed by atoms with E-state index in [1.54, 1.807) is 12.1 Å². The first-order valence-corrected chi connectivity index (χ1v) is 11.2. The molecule has 2 aliphatic heterocycles. The number of carbonyl (C=O) groups is 1. The van der Waals surface area contributed by atoms with Gasteiger partial charge in [-0.3, -0.25) is 14.6 Å². The Hall–Kier alpha value is -2.83. The fraction of sp³-hybridized carbons (Fsp3) is 0.400. The molecule has 0 aliphatic carbocycles. The van der Waals surface area contributed by atoms with Crippen molar-refractivity contribution in [2.24, 2.45) is 0 Å². The molecule has 0 atom stereocenters. The van der Waals surface area contributed by atoms with Gasteiger partial charge in [0.05, 0.1) is 6.54 Å². The second kappa shape index (κ2) is 10.5. The van der Waals surface area contributed by atoms with Gasteiger partial charge in [-0.15, -0.1) is 0 Å². The molecule has 2 aromatic carbocycles. The van der Waals surface area contributed by atoms with Crippen LogP contribution in [0.4, 0.5) is 5.69 Å². The molecule has 2 aromatic rings. The molecule has 1 amide bonds. The molecule has 31 heavy (non-hydrogen) atoms. The van der Waals surface area contributed by atoms with Crippen molar-refractivity contribution in [3.63, 3.8) is 0 Å². The van der Waals surface area contributed by atoms with Gasteiger partial charge in [-0.05, 0) is 29.8 Å². The van der Waals surface area contributed by atoms with Crippen LogP contribution in [0.2, 0.25) is 0 Å². The Morgan fingerprint density at radius 3 is 2.13 bits per heavy atom. The molecule has 6 heteroatoms. The summed E-state index contributed by atoms with van der Waals surface area (Å²) in [7, 11) is 0. The van der Waals surface area contributed by atoms with Crippen molar-refractivity contribution < 1.29 is 9.90 Å². The predicted octanol–water partition coefficient (Wildman–Crippen LogP) is 2.37. The second-order valence-electron chi connectivity index (χ2n) is 8.27. The molecule has 2 fully saturated rings. The lowest BCUT2D eigenvalue weighted by atomic mass is 10.2. The summed E-state index contributed by atoms with van der Waals surface area (Å²) < 4.78 is 0. The second-order valence-corrected chi connectivity index (χ2v) is 8.27. The van der Waals surface area contributed by atoms with E-state index in [0.717, 1.165) is 64.6 Å². The summed E-state index contributed by atoms with van der Waals surface area (Å²) in [6.07, 6.45) is 4.40. The summed E-state index contributed by atoms with van der Waals surface area (Å²) in [6.45, 7) is 8.53. The van der Waals surface area contributed by atoms with E-state index in [9.17, 15) is 9.90 Å². The van der Waals surface area contributed by atoms with Crippen LogP contribution in [0.15, 0.2) is 60.7 Å². The molecule has 0 unspecified atom stereocenters. The zero-order chi connectivity index (χ0) is 21.5. The molecule has 2 heterocycles. The molecule has 1 N–H and O–H groups in total. The number of amides is 1. The third kappa shape index (κ3) is 6.09. The molecule has 0 spiro atoms. The minimum atomic E-state index is 0.239. The van der Waals surface area contributed by atoms with Crippen molar-refractivity contribution in [3.8, 4) is 5.75 Å². The summed E-state index contributed by atoms with van der Waals surface area (Å²) >= 11 is 0. The van der Waals surface area contributed by atoms with E-state index in [-0.39, 0.29) is 11.7 Å². The van der Waals surface area contributed by atoms with E-state index >= 15 is 0 Å². The van der Waals surface area contributed by atoms with Gasteiger partial charge in [0.15, 0.2) is 0 Å². The number of hydrogen-bond acceptors (Lipinski definition) is 5. The molecule has 164 valence electrons. The minimum absolute atomic E-state index is 0.239. The highest BCUT2D eigenvalue weighted by Crippen LogP contribution is 2.20. The molecule has 6 nitrogen and oxygen atoms in total. The Labute approximate surface area is 185 Å². The van der Waals surface area contributed by atoms with Crippen LogP contribution in [0.5, 0.6) is 5.75 Å². The Morgan fingerprint density at radius 2 is 1.45 bits per heavy atom. The molecule has 2 saturated heterocycles. The highest BCUT2D eigenvalue weighted by atomic mass is 16.3. The van der Waals surface area contributed by atoms with Gasteiger partial charge in [-0.1, -0.05) is 42.5 Å². The SMILES string of the molecule is O=C(CN1CCN(C/C=C/c2ccccc2)CC1)N1CCN(c2ccc(O)cc2)CC1. The van der Waals surface area contributed by atoms with Gasteiger partial charge in [0.25, 0.3) is 0 Å². The highest BCUT2D eigenvalue weighted by molar-refractivity contribution is 5.78. The van der Waals surface area contributed by atoms with Gasteiger partial charge in [0.2, 0.25) is 5.91 Å². The average Bonchev–Trinajstić information content (AvgIpc) is 2.81. The largest absolute Gasteiger partial charge is 0.508 e.